The van der Waals surface area contributed by atoms with E-state index in [1.165, 1.54) is 31.7 Å². The number of fused-ring (bicyclic) bond motifs is 1. The van der Waals surface area contributed by atoms with Crippen LogP contribution in [-0.2, 0) is 40.6 Å². The van der Waals surface area contributed by atoms with Gasteiger partial charge in [0.25, 0.3) is 0 Å². The van der Waals surface area contributed by atoms with Crippen molar-refractivity contribution in [2.75, 3.05) is 0 Å². The van der Waals surface area contributed by atoms with Crippen LogP contribution in [0.15, 0.2) is 42.5 Å². The molecule has 1 aliphatic carbocycles. The van der Waals surface area contributed by atoms with Crippen LogP contribution in [0.2, 0.25) is 13.1 Å². The van der Waals surface area contributed by atoms with Crippen LogP contribution >= 0.6 is 0 Å². The first-order valence-electron chi connectivity index (χ1n) is 7.49. The molecule has 0 fully saturated rings. The zero-order chi connectivity index (χ0) is 13.3. The van der Waals surface area contributed by atoms with E-state index < -0.39 is 8.07 Å². The maximum absolute atomic E-state index is 2.50. The second kappa shape index (κ2) is 10.4. The maximum Gasteiger partial charge on any atom is 4.00 e. The number of benzene rings is 1. The van der Waals surface area contributed by atoms with E-state index in [0.29, 0.717) is 0 Å². The molecule has 23 heavy (non-hydrogen) atoms. The predicted molar refractivity (Wildman–Crippen MR) is 105 cm³/mol. The summed E-state index contributed by atoms with van der Waals surface area (Å²) in [6.45, 7) is 5.01. The molecule has 0 saturated carbocycles. The van der Waals surface area contributed by atoms with Crippen molar-refractivity contribution in [2.24, 2.45) is 0 Å². The van der Waals surface area contributed by atoms with Crippen molar-refractivity contribution in [1.29, 1.82) is 0 Å². The third-order valence-corrected chi connectivity index (χ3v) is 7.73. The van der Waals surface area contributed by atoms with Gasteiger partial charge in [-0.25, -0.2) is 6.07 Å². The van der Waals surface area contributed by atoms with Crippen molar-refractivity contribution in [3.05, 3.63) is 81.4 Å². The monoisotopic (exact) mass is 360 g/mol. The van der Waals surface area contributed by atoms with E-state index in [4.69, 9.17) is 0 Å². The van der Waals surface area contributed by atoms with Gasteiger partial charge in [-0.1, -0.05) is 80.3 Å². The molecule has 0 unspecified atom stereocenters. The molecule has 0 bridgehead atoms. The second-order valence-corrected chi connectivity index (χ2v) is 11.2. The summed E-state index contributed by atoms with van der Waals surface area (Å²) in [5, 5.41) is 1.58. The van der Waals surface area contributed by atoms with Crippen LogP contribution in [0.3, 0.4) is 0 Å². The second-order valence-electron chi connectivity index (χ2n) is 6.50. The molecule has 124 valence electrons. The van der Waals surface area contributed by atoms with Crippen molar-refractivity contribution < 1.29 is 21.7 Å². The maximum atomic E-state index is 2.50. The Morgan fingerprint density at radius 1 is 0.913 bits per heavy atom. The molecule has 2 aromatic carbocycles. The molecule has 2 heteroatoms. The topological polar surface area (TPSA) is 0 Å². The summed E-state index contributed by atoms with van der Waals surface area (Å²) in [5.41, 5.74) is 4.98. The van der Waals surface area contributed by atoms with E-state index in [-0.39, 0.29) is 44.0 Å². The zero-order valence-corrected chi connectivity index (χ0v) is 18.1. The Morgan fingerprint density at radius 3 is 2.17 bits per heavy atom. The van der Waals surface area contributed by atoms with E-state index in [0.717, 1.165) is 0 Å². The molecule has 0 saturated heterocycles. The van der Waals surface area contributed by atoms with E-state index in [1.54, 1.807) is 21.9 Å². The van der Waals surface area contributed by atoms with Gasteiger partial charge >= 0.3 is 21.7 Å². The average Bonchev–Trinajstić information content (AvgIpc) is 2.83. The molecule has 0 radical (unpaired) electrons. The smallest absolute Gasteiger partial charge is 0.358 e. The third-order valence-electron chi connectivity index (χ3n) is 4.57. The van der Waals surface area contributed by atoms with Gasteiger partial charge in [0, 0.05) is 0 Å². The molecular formula is C21H32SiTi. The minimum Gasteiger partial charge on any atom is -0.358 e. The summed E-state index contributed by atoms with van der Waals surface area (Å²) in [5.74, 6) is 0. The van der Waals surface area contributed by atoms with Crippen LogP contribution in [0.4, 0.5) is 0 Å². The predicted octanol–water partition coefficient (Wildman–Crippen LogP) is 5.33. The quantitative estimate of drug-likeness (QED) is 0.513. The van der Waals surface area contributed by atoms with E-state index in [9.17, 15) is 0 Å². The molecule has 0 spiro atoms. The number of hydrogen-bond donors (Lipinski definition) is 0. The fourth-order valence-electron chi connectivity index (χ4n) is 3.41. The van der Waals surface area contributed by atoms with Crippen molar-refractivity contribution in [2.45, 2.75) is 44.8 Å². The van der Waals surface area contributed by atoms with Gasteiger partial charge in [-0.2, -0.15) is 22.8 Å². The minimum absolute atomic E-state index is 0. The molecule has 0 atom stereocenters. The van der Waals surface area contributed by atoms with Gasteiger partial charge < -0.3 is 22.3 Å². The van der Waals surface area contributed by atoms with Crippen molar-refractivity contribution >= 4 is 13.3 Å². The Morgan fingerprint density at radius 2 is 1.52 bits per heavy atom. The van der Waals surface area contributed by atoms with Gasteiger partial charge in [-0.15, -0.1) is 0 Å². The SMILES string of the molecule is C[Si](C)(C[c-]1ccc2c1CCCC2)c1ccccc1.[CH3-].[CH3-].[CH3-].[Ti+4]. The Labute approximate surface area is 161 Å². The Kier molecular flexibility index (Phi) is 11.2. The molecule has 3 rings (SSSR count). The third kappa shape index (κ3) is 5.52. The molecule has 0 amide bonds. The van der Waals surface area contributed by atoms with Gasteiger partial charge in [0.15, 0.2) is 0 Å². The summed E-state index contributed by atoms with van der Waals surface area (Å²) in [7, 11) is -1.34. The number of aryl methyl sites for hydroxylation is 1. The first kappa shape index (κ1) is 24.7. The van der Waals surface area contributed by atoms with Crippen LogP contribution in [0.1, 0.15) is 29.5 Å². The summed E-state index contributed by atoms with van der Waals surface area (Å²) in [6, 6.07) is 17.2. The summed E-state index contributed by atoms with van der Waals surface area (Å²) in [4.78, 5) is 0. The standard InChI is InChI=1S/C18H23Si.3CH3.Ti/c1-19(2,17-9-4-3-5-10-17)14-16-13-12-15-8-6-7-11-18(15)16;;;;/h3-5,9-10,12-13H,6-8,11,14H2,1-2H3;3*1H3;/q4*-1;+4. The van der Waals surface area contributed by atoms with E-state index >= 15 is 0 Å². The fourth-order valence-corrected chi connectivity index (χ4v) is 6.00. The minimum atomic E-state index is -1.34. The van der Waals surface area contributed by atoms with Gasteiger partial charge in [-0.05, 0) is 0 Å². The Bertz CT molecular complexity index is 554. The first-order chi connectivity index (χ1) is 9.17. The number of rotatable bonds is 3. The molecule has 2 aromatic rings. The summed E-state index contributed by atoms with van der Waals surface area (Å²) < 4.78 is 0. The normalized spacial score (nSPS) is 12.6. The van der Waals surface area contributed by atoms with E-state index in [1.807, 2.05) is 0 Å². The summed E-state index contributed by atoms with van der Waals surface area (Å²) in [6.07, 6.45) is 5.40. The fraction of sp³-hybridized carbons (Fsp3) is 0.333. The first-order valence-corrected chi connectivity index (χ1v) is 10.7. The molecule has 0 aromatic heterocycles. The van der Waals surface area contributed by atoms with Crippen molar-refractivity contribution in [3.8, 4) is 0 Å². The van der Waals surface area contributed by atoms with Crippen LogP contribution < -0.4 is 5.19 Å². The van der Waals surface area contributed by atoms with Gasteiger partial charge in [-0.3, -0.25) is 0 Å². The van der Waals surface area contributed by atoms with Gasteiger partial charge in [0.2, 0.25) is 0 Å². The van der Waals surface area contributed by atoms with Gasteiger partial charge in [0.1, 0.15) is 0 Å². The van der Waals surface area contributed by atoms with E-state index in [2.05, 4.69) is 55.6 Å². The van der Waals surface area contributed by atoms with Crippen LogP contribution in [-0.4, -0.2) is 8.07 Å². The van der Waals surface area contributed by atoms with Crippen LogP contribution in [0.5, 0.6) is 0 Å². The number of hydrogen-bond acceptors (Lipinski definition) is 0. The van der Waals surface area contributed by atoms with Crippen LogP contribution in [0.25, 0.3) is 0 Å². The Balaban J connectivity index is 0. The molecule has 0 aliphatic heterocycles. The molecule has 0 heterocycles. The van der Waals surface area contributed by atoms with Crippen LogP contribution in [0, 0.1) is 22.3 Å². The molecule has 1 aliphatic rings. The summed E-state index contributed by atoms with van der Waals surface area (Å²) >= 11 is 0. The van der Waals surface area contributed by atoms with Crippen molar-refractivity contribution in [3.63, 3.8) is 0 Å². The largest absolute Gasteiger partial charge is 4.00 e. The molecule has 0 N–H and O–H groups in total. The molecular weight excluding hydrogens is 328 g/mol. The van der Waals surface area contributed by atoms with Crippen molar-refractivity contribution in [1.82, 2.24) is 0 Å². The Hall–Kier alpha value is -0.499. The molecule has 0 nitrogen and oxygen atoms in total. The van der Waals surface area contributed by atoms with Gasteiger partial charge in [0.05, 0.1) is 8.07 Å². The average molecular weight is 360 g/mol. The zero-order valence-electron chi connectivity index (χ0n) is 15.6.